The highest BCUT2D eigenvalue weighted by molar-refractivity contribution is 8.18. The molecule has 1 saturated heterocycles. The number of halogens is 2. The molecular weight excluding hydrogens is 605 g/mol. The van der Waals surface area contributed by atoms with Crippen molar-refractivity contribution in [1.29, 1.82) is 0 Å². The van der Waals surface area contributed by atoms with E-state index >= 15 is 0 Å². The van der Waals surface area contributed by atoms with Gasteiger partial charge in [-0.2, -0.15) is 0 Å². The molecule has 1 amide bonds. The van der Waals surface area contributed by atoms with Gasteiger partial charge in [0.1, 0.15) is 5.75 Å². The molecule has 11 nitrogen and oxygen atoms in total. The summed E-state index contributed by atoms with van der Waals surface area (Å²) in [7, 11) is 0. The number of carbonyl (C=O) groups is 1. The topological polar surface area (TPSA) is 142 Å². The summed E-state index contributed by atoms with van der Waals surface area (Å²) >= 11 is 13.5. The maximum Gasteiger partial charge on any atom is 0.318 e. The Morgan fingerprint density at radius 3 is 2.43 bits per heavy atom. The van der Waals surface area contributed by atoms with Crippen LogP contribution >= 0.6 is 35.0 Å². The molecule has 0 atom stereocenters. The van der Waals surface area contributed by atoms with Gasteiger partial charge in [-0.25, -0.2) is 4.99 Å². The Balaban J connectivity index is 1.37. The van der Waals surface area contributed by atoms with Crippen molar-refractivity contribution >= 4 is 69.2 Å². The number of nitrogens with zero attached hydrogens (tertiary/aromatic N) is 4. The SMILES string of the molecule is Cc1cc(/C=C2\SC(=Nc3cccc(Cl)c3Cl)NC2=O)c(C)n1-c1ccc(Oc2ccc([N+](=O)[O-])cc2[N+](=O)[O-])cc1. The summed E-state index contributed by atoms with van der Waals surface area (Å²) in [5.41, 5.74) is 2.92. The predicted octanol–water partition coefficient (Wildman–Crippen LogP) is 7.90. The molecule has 212 valence electrons. The molecule has 42 heavy (non-hydrogen) atoms. The fourth-order valence-corrected chi connectivity index (χ4v) is 5.44. The van der Waals surface area contributed by atoms with Gasteiger partial charge in [-0.1, -0.05) is 29.3 Å². The Morgan fingerprint density at radius 2 is 1.74 bits per heavy atom. The van der Waals surface area contributed by atoms with E-state index in [9.17, 15) is 25.0 Å². The smallest absolute Gasteiger partial charge is 0.318 e. The molecule has 3 aromatic carbocycles. The van der Waals surface area contributed by atoms with Gasteiger partial charge in [0.05, 0.1) is 36.6 Å². The molecule has 5 rings (SSSR count). The standard InChI is InChI=1S/C28H19Cl2N5O6S/c1-15-12-17(13-25-27(36)32-28(42-25)31-22-5-3-4-21(29)26(22)30)16(2)33(15)18-6-9-20(10-7-18)41-24-11-8-19(34(37)38)14-23(24)35(39)40/h3-14H,1-2H3,(H,31,32,36)/b25-13-. The molecule has 2 heterocycles. The number of rotatable bonds is 7. The molecule has 0 bridgehead atoms. The Bertz CT molecular complexity index is 1840. The Hall–Kier alpha value is -4.65. The minimum absolute atomic E-state index is 0.117. The van der Waals surface area contributed by atoms with Crippen LogP contribution in [-0.4, -0.2) is 25.5 Å². The molecule has 1 fully saturated rings. The predicted molar refractivity (Wildman–Crippen MR) is 162 cm³/mol. The van der Waals surface area contributed by atoms with Gasteiger partial charge in [-0.05, 0) is 85.8 Å². The number of hydrogen-bond donors (Lipinski definition) is 1. The van der Waals surface area contributed by atoms with Crippen LogP contribution < -0.4 is 10.1 Å². The summed E-state index contributed by atoms with van der Waals surface area (Å²) in [5.74, 6) is -0.0943. The second kappa shape index (κ2) is 11.7. The van der Waals surface area contributed by atoms with Crippen LogP contribution in [0.25, 0.3) is 11.8 Å². The van der Waals surface area contributed by atoms with Crippen molar-refractivity contribution in [3.8, 4) is 17.2 Å². The Labute approximate surface area is 252 Å². The highest BCUT2D eigenvalue weighted by Gasteiger charge is 2.25. The van der Waals surface area contributed by atoms with Crippen molar-refractivity contribution in [1.82, 2.24) is 9.88 Å². The monoisotopic (exact) mass is 623 g/mol. The molecule has 0 aliphatic carbocycles. The van der Waals surface area contributed by atoms with E-state index in [-0.39, 0.29) is 11.7 Å². The van der Waals surface area contributed by atoms with E-state index in [1.54, 1.807) is 48.5 Å². The first-order valence-electron chi connectivity index (χ1n) is 12.2. The average Bonchev–Trinajstić information content (AvgIpc) is 3.43. The second-order valence-corrected chi connectivity index (χ2v) is 10.8. The van der Waals surface area contributed by atoms with Crippen molar-refractivity contribution in [2.75, 3.05) is 0 Å². The lowest BCUT2D eigenvalue weighted by Gasteiger charge is -2.11. The highest BCUT2D eigenvalue weighted by Crippen LogP contribution is 2.37. The maximum absolute atomic E-state index is 12.7. The zero-order chi connectivity index (χ0) is 30.1. The third-order valence-corrected chi connectivity index (χ3v) is 7.95. The molecule has 0 saturated carbocycles. The summed E-state index contributed by atoms with van der Waals surface area (Å²) in [6.45, 7) is 3.85. The van der Waals surface area contributed by atoms with Crippen LogP contribution in [-0.2, 0) is 4.79 Å². The number of benzene rings is 3. The molecule has 1 aromatic heterocycles. The summed E-state index contributed by atoms with van der Waals surface area (Å²) in [4.78, 5) is 38.5. The van der Waals surface area contributed by atoms with E-state index in [2.05, 4.69) is 10.3 Å². The molecule has 1 aliphatic heterocycles. The van der Waals surface area contributed by atoms with E-state index in [4.69, 9.17) is 27.9 Å². The van der Waals surface area contributed by atoms with Crippen molar-refractivity contribution < 1.29 is 19.4 Å². The number of nitro groups is 2. The van der Waals surface area contributed by atoms with Crippen LogP contribution in [0.4, 0.5) is 17.1 Å². The normalized spacial score (nSPS) is 14.8. The quantitative estimate of drug-likeness (QED) is 0.125. The van der Waals surface area contributed by atoms with Crippen LogP contribution in [0, 0.1) is 34.1 Å². The summed E-state index contributed by atoms with van der Waals surface area (Å²) in [6.07, 6.45) is 1.78. The van der Waals surface area contributed by atoms with E-state index in [0.29, 0.717) is 31.6 Å². The number of amidine groups is 1. The van der Waals surface area contributed by atoms with Gasteiger partial charge in [0.25, 0.3) is 11.6 Å². The molecule has 0 spiro atoms. The number of nitro benzene ring substituents is 2. The number of aromatic nitrogens is 1. The minimum atomic E-state index is -0.733. The maximum atomic E-state index is 12.7. The van der Waals surface area contributed by atoms with Crippen LogP contribution in [0.1, 0.15) is 17.0 Å². The number of carbonyl (C=O) groups excluding carboxylic acids is 1. The fraction of sp³-hybridized carbons (Fsp3) is 0.0714. The first-order chi connectivity index (χ1) is 20.0. The van der Waals surface area contributed by atoms with E-state index in [1.165, 1.54) is 17.8 Å². The number of ether oxygens (including phenoxy) is 1. The number of aryl methyl sites for hydroxylation is 1. The number of non-ortho nitro benzene ring substituents is 1. The lowest BCUT2D eigenvalue weighted by Crippen LogP contribution is -2.19. The highest BCUT2D eigenvalue weighted by atomic mass is 35.5. The summed E-state index contributed by atoms with van der Waals surface area (Å²) < 4.78 is 7.66. The first-order valence-corrected chi connectivity index (χ1v) is 13.7. The van der Waals surface area contributed by atoms with Crippen LogP contribution in [0.15, 0.2) is 76.6 Å². The lowest BCUT2D eigenvalue weighted by atomic mass is 10.2. The average molecular weight is 624 g/mol. The second-order valence-electron chi connectivity index (χ2n) is 8.98. The molecule has 1 aliphatic rings. The van der Waals surface area contributed by atoms with Gasteiger partial charge in [0.15, 0.2) is 5.17 Å². The van der Waals surface area contributed by atoms with Gasteiger partial charge >= 0.3 is 5.69 Å². The molecule has 14 heteroatoms. The van der Waals surface area contributed by atoms with Crippen LogP contribution in [0.3, 0.4) is 0 Å². The number of nitrogens with one attached hydrogen (secondary N) is 1. The summed E-state index contributed by atoms with van der Waals surface area (Å²) in [5, 5.41) is 26.2. The van der Waals surface area contributed by atoms with Gasteiger partial charge in [0, 0.05) is 23.1 Å². The lowest BCUT2D eigenvalue weighted by molar-refractivity contribution is -0.394. The molecule has 0 unspecified atom stereocenters. The van der Waals surface area contributed by atoms with Gasteiger partial charge < -0.3 is 14.6 Å². The number of amides is 1. The fourth-order valence-electron chi connectivity index (χ4n) is 4.28. The van der Waals surface area contributed by atoms with Crippen molar-refractivity contribution in [2.24, 2.45) is 4.99 Å². The van der Waals surface area contributed by atoms with Crippen molar-refractivity contribution in [3.63, 3.8) is 0 Å². The Kier molecular flexibility index (Phi) is 8.03. The van der Waals surface area contributed by atoms with Gasteiger partial charge in [0.2, 0.25) is 5.75 Å². The molecule has 0 radical (unpaired) electrons. The molecular formula is C28H19Cl2N5O6S. The van der Waals surface area contributed by atoms with Crippen LogP contribution in [0.5, 0.6) is 11.5 Å². The zero-order valence-electron chi connectivity index (χ0n) is 21.8. The number of hydrogen-bond acceptors (Lipinski definition) is 8. The van der Waals surface area contributed by atoms with Crippen molar-refractivity contribution in [3.05, 3.63) is 119 Å². The third kappa shape index (κ3) is 5.86. The number of thioether (sulfide) groups is 1. The van der Waals surface area contributed by atoms with Gasteiger partial charge in [-0.3, -0.25) is 25.0 Å². The first kappa shape index (κ1) is 28.9. The zero-order valence-corrected chi connectivity index (χ0v) is 24.2. The molecule has 1 N–H and O–H groups in total. The third-order valence-electron chi connectivity index (χ3n) is 6.23. The van der Waals surface area contributed by atoms with Gasteiger partial charge in [-0.15, -0.1) is 0 Å². The van der Waals surface area contributed by atoms with E-state index in [1.807, 2.05) is 24.5 Å². The minimum Gasteiger partial charge on any atom is -0.450 e. The summed E-state index contributed by atoms with van der Waals surface area (Å²) in [6, 6.07) is 17.1. The van der Waals surface area contributed by atoms with Crippen molar-refractivity contribution in [2.45, 2.75) is 13.8 Å². The molecule has 4 aromatic rings. The van der Waals surface area contributed by atoms with E-state index in [0.717, 1.165) is 34.8 Å². The van der Waals surface area contributed by atoms with E-state index < -0.39 is 21.2 Å². The largest absolute Gasteiger partial charge is 0.450 e. The van der Waals surface area contributed by atoms with Crippen LogP contribution in [0.2, 0.25) is 10.0 Å². The number of aliphatic imine (C=N–C) groups is 1. The Morgan fingerprint density at radius 1 is 1.00 bits per heavy atom.